The van der Waals surface area contributed by atoms with Crippen LogP contribution < -0.4 is 10.6 Å². The maximum atomic E-state index is 12.5. The lowest BCUT2D eigenvalue weighted by atomic mass is 10.0. The van der Waals surface area contributed by atoms with Gasteiger partial charge in [-0.05, 0) is 35.6 Å². The highest BCUT2D eigenvalue weighted by Gasteiger charge is 2.13. The van der Waals surface area contributed by atoms with E-state index >= 15 is 0 Å². The molecule has 0 aromatic heterocycles. The number of para-hydroxylation sites is 1. The number of nitrogens with zero attached hydrogens (tertiary/aromatic N) is 1. The summed E-state index contributed by atoms with van der Waals surface area (Å²) >= 11 is 6.11. The van der Waals surface area contributed by atoms with Crippen molar-refractivity contribution in [2.75, 3.05) is 5.32 Å². The van der Waals surface area contributed by atoms with E-state index in [-0.39, 0.29) is 5.57 Å². The second-order valence-electron chi connectivity index (χ2n) is 5.75. The van der Waals surface area contributed by atoms with E-state index in [0.717, 1.165) is 35.2 Å². The van der Waals surface area contributed by atoms with Crippen LogP contribution in [-0.4, -0.2) is 5.91 Å². The minimum Gasteiger partial charge on any atom is -0.386 e. The van der Waals surface area contributed by atoms with Crippen molar-refractivity contribution in [3.05, 3.63) is 76.0 Å². The van der Waals surface area contributed by atoms with E-state index in [1.54, 1.807) is 6.07 Å². The highest BCUT2D eigenvalue weighted by atomic mass is 35.5. The summed E-state index contributed by atoms with van der Waals surface area (Å²) in [4.78, 5) is 12.5. The highest BCUT2D eigenvalue weighted by molar-refractivity contribution is 6.31. The second kappa shape index (κ2) is 9.65. The van der Waals surface area contributed by atoms with Gasteiger partial charge in [0.25, 0.3) is 5.91 Å². The Labute approximate surface area is 159 Å². The fourth-order valence-corrected chi connectivity index (χ4v) is 2.84. The third kappa shape index (κ3) is 4.87. The smallest absolute Gasteiger partial charge is 0.267 e. The molecule has 0 aliphatic rings. The number of benzene rings is 2. The SMILES string of the molecule is CCc1cccc(CC)c1NC(=O)/C(C#N)=C\NCc1ccccc1Cl. The first-order valence-corrected chi connectivity index (χ1v) is 8.97. The van der Waals surface area contributed by atoms with Crippen LogP contribution in [-0.2, 0) is 24.2 Å². The largest absolute Gasteiger partial charge is 0.386 e. The van der Waals surface area contributed by atoms with E-state index < -0.39 is 5.91 Å². The fourth-order valence-electron chi connectivity index (χ4n) is 2.64. The molecule has 1 amide bonds. The number of rotatable bonds is 7. The van der Waals surface area contributed by atoms with Gasteiger partial charge in [0.1, 0.15) is 11.6 Å². The van der Waals surface area contributed by atoms with Crippen LogP contribution in [0, 0.1) is 11.3 Å². The van der Waals surface area contributed by atoms with Gasteiger partial charge in [0.2, 0.25) is 0 Å². The Hall–Kier alpha value is -2.77. The molecule has 0 saturated carbocycles. The Bertz CT molecular complexity index is 830. The average molecular weight is 368 g/mol. The molecule has 0 unspecified atom stereocenters. The minimum atomic E-state index is -0.422. The van der Waals surface area contributed by atoms with Gasteiger partial charge in [-0.2, -0.15) is 5.26 Å². The van der Waals surface area contributed by atoms with Crippen molar-refractivity contribution in [1.29, 1.82) is 5.26 Å². The van der Waals surface area contributed by atoms with E-state index in [4.69, 9.17) is 11.6 Å². The number of nitrogens with one attached hydrogen (secondary N) is 2. The Morgan fingerprint density at radius 2 is 1.69 bits per heavy atom. The van der Waals surface area contributed by atoms with Crippen LogP contribution in [0.15, 0.2) is 54.2 Å². The number of hydrogen-bond donors (Lipinski definition) is 2. The standard InChI is InChI=1S/C21H22ClN3O/c1-3-15-9-7-10-16(4-2)20(15)25-21(26)18(12-23)14-24-13-17-8-5-6-11-19(17)22/h5-11,14,24H,3-4,13H2,1-2H3,(H,25,26)/b18-14-. The molecule has 0 aliphatic carbocycles. The molecule has 2 aromatic carbocycles. The van der Waals surface area contributed by atoms with E-state index in [9.17, 15) is 10.1 Å². The van der Waals surface area contributed by atoms with Crippen LogP contribution in [0.2, 0.25) is 5.02 Å². The molecule has 0 aliphatic heterocycles. The molecular formula is C21H22ClN3O. The summed E-state index contributed by atoms with van der Waals surface area (Å²) in [7, 11) is 0. The lowest BCUT2D eigenvalue weighted by Crippen LogP contribution is -2.18. The van der Waals surface area contributed by atoms with Crippen molar-refractivity contribution in [3.63, 3.8) is 0 Å². The van der Waals surface area contributed by atoms with E-state index in [1.165, 1.54) is 6.20 Å². The predicted octanol–water partition coefficient (Wildman–Crippen LogP) is 4.60. The minimum absolute atomic E-state index is 0.0185. The van der Waals surface area contributed by atoms with Crippen molar-refractivity contribution in [2.24, 2.45) is 0 Å². The van der Waals surface area contributed by atoms with E-state index in [0.29, 0.717) is 11.6 Å². The summed E-state index contributed by atoms with van der Waals surface area (Å²) in [5.41, 5.74) is 3.82. The summed E-state index contributed by atoms with van der Waals surface area (Å²) in [6, 6.07) is 15.3. The quantitative estimate of drug-likeness (QED) is 0.555. The van der Waals surface area contributed by atoms with Crippen LogP contribution in [0.3, 0.4) is 0 Å². The number of anilines is 1. The van der Waals surface area contributed by atoms with Crippen molar-refractivity contribution >= 4 is 23.2 Å². The summed E-state index contributed by atoms with van der Waals surface area (Å²) < 4.78 is 0. The zero-order chi connectivity index (χ0) is 18.9. The van der Waals surface area contributed by atoms with Gasteiger partial charge in [-0.15, -0.1) is 0 Å². The molecule has 2 rings (SSSR count). The molecule has 4 nitrogen and oxygen atoms in total. The normalized spacial score (nSPS) is 10.9. The molecule has 0 bridgehead atoms. The Balaban J connectivity index is 2.12. The monoisotopic (exact) mass is 367 g/mol. The average Bonchev–Trinajstić information content (AvgIpc) is 2.66. The van der Waals surface area contributed by atoms with Crippen molar-refractivity contribution < 1.29 is 4.79 Å². The third-order valence-electron chi connectivity index (χ3n) is 4.10. The van der Waals surface area contributed by atoms with Crippen molar-refractivity contribution in [3.8, 4) is 6.07 Å². The molecule has 2 N–H and O–H groups in total. The number of nitriles is 1. The van der Waals surface area contributed by atoms with E-state index in [1.807, 2.05) is 56.3 Å². The van der Waals surface area contributed by atoms with Crippen LogP contribution in [0.1, 0.15) is 30.5 Å². The Morgan fingerprint density at radius 3 is 2.27 bits per heavy atom. The third-order valence-corrected chi connectivity index (χ3v) is 4.47. The molecule has 0 spiro atoms. The number of hydrogen-bond acceptors (Lipinski definition) is 3. The lowest BCUT2D eigenvalue weighted by Gasteiger charge is -2.14. The summed E-state index contributed by atoms with van der Waals surface area (Å²) in [6.07, 6.45) is 3.04. The predicted molar refractivity (Wildman–Crippen MR) is 106 cm³/mol. The van der Waals surface area contributed by atoms with Crippen LogP contribution >= 0.6 is 11.6 Å². The summed E-state index contributed by atoms with van der Waals surface area (Å²) in [5.74, 6) is -0.422. The van der Waals surface area contributed by atoms with Gasteiger partial charge in [-0.3, -0.25) is 4.79 Å². The molecule has 5 heteroatoms. The lowest BCUT2D eigenvalue weighted by molar-refractivity contribution is -0.112. The molecule has 26 heavy (non-hydrogen) atoms. The number of carbonyl (C=O) groups is 1. The topological polar surface area (TPSA) is 64.9 Å². The fraction of sp³-hybridized carbons (Fsp3) is 0.238. The summed E-state index contributed by atoms with van der Waals surface area (Å²) in [6.45, 7) is 4.51. The van der Waals surface area contributed by atoms with Gasteiger partial charge in [0, 0.05) is 23.5 Å². The zero-order valence-corrected chi connectivity index (χ0v) is 15.7. The maximum absolute atomic E-state index is 12.5. The second-order valence-corrected chi connectivity index (χ2v) is 6.16. The molecule has 0 atom stereocenters. The molecule has 2 aromatic rings. The molecule has 134 valence electrons. The number of aryl methyl sites for hydroxylation is 2. The van der Waals surface area contributed by atoms with Crippen molar-refractivity contribution in [2.45, 2.75) is 33.2 Å². The van der Waals surface area contributed by atoms with Crippen molar-refractivity contribution in [1.82, 2.24) is 5.32 Å². The van der Waals surface area contributed by atoms with Crippen LogP contribution in [0.4, 0.5) is 5.69 Å². The Kier molecular flexibility index (Phi) is 7.25. The van der Waals surface area contributed by atoms with Gasteiger partial charge in [-0.1, -0.05) is 61.8 Å². The first-order valence-electron chi connectivity index (χ1n) is 8.59. The molecule has 0 heterocycles. The first kappa shape index (κ1) is 19.6. The molecular weight excluding hydrogens is 346 g/mol. The number of halogens is 1. The first-order chi connectivity index (χ1) is 12.6. The van der Waals surface area contributed by atoms with Gasteiger partial charge in [0.15, 0.2) is 0 Å². The molecule has 0 saturated heterocycles. The van der Waals surface area contributed by atoms with Gasteiger partial charge in [-0.25, -0.2) is 0 Å². The van der Waals surface area contributed by atoms with Gasteiger partial charge in [0.05, 0.1) is 0 Å². The molecule has 0 fully saturated rings. The van der Waals surface area contributed by atoms with Crippen LogP contribution in [0.5, 0.6) is 0 Å². The van der Waals surface area contributed by atoms with Crippen LogP contribution in [0.25, 0.3) is 0 Å². The number of carbonyl (C=O) groups excluding carboxylic acids is 1. The highest BCUT2D eigenvalue weighted by Crippen LogP contribution is 2.23. The molecule has 0 radical (unpaired) electrons. The summed E-state index contributed by atoms with van der Waals surface area (Å²) in [5, 5.41) is 15.9. The van der Waals surface area contributed by atoms with E-state index in [2.05, 4.69) is 10.6 Å². The Morgan fingerprint density at radius 1 is 1.08 bits per heavy atom. The van der Waals surface area contributed by atoms with Gasteiger partial charge < -0.3 is 10.6 Å². The maximum Gasteiger partial charge on any atom is 0.267 e. The van der Waals surface area contributed by atoms with Gasteiger partial charge >= 0.3 is 0 Å². The number of amides is 1. The zero-order valence-electron chi connectivity index (χ0n) is 15.0.